The first-order chi connectivity index (χ1) is 9.01. The van der Waals surface area contributed by atoms with Crippen molar-refractivity contribution in [2.45, 2.75) is 45.4 Å². The zero-order valence-corrected chi connectivity index (χ0v) is 12.6. The van der Waals surface area contributed by atoms with Crippen molar-refractivity contribution in [2.24, 2.45) is 5.41 Å². The molecule has 2 rings (SSSR count). The smallest absolute Gasteiger partial charge is 0.321 e. The number of rotatable bonds is 6. The Morgan fingerprint density at radius 3 is 2.53 bits per heavy atom. The van der Waals surface area contributed by atoms with Gasteiger partial charge in [-0.25, -0.2) is 0 Å². The molecule has 19 heavy (non-hydrogen) atoms. The Morgan fingerprint density at radius 2 is 2.00 bits per heavy atom. The quantitative estimate of drug-likeness (QED) is 0.858. The van der Waals surface area contributed by atoms with Crippen molar-refractivity contribution in [2.75, 3.05) is 32.5 Å². The maximum absolute atomic E-state index is 5.25. The molecule has 1 N–H and O–H groups in total. The fourth-order valence-corrected chi connectivity index (χ4v) is 2.99. The van der Waals surface area contributed by atoms with Gasteiger partial charge < -0.3 is 14.7 Å². The van der Waals surface area contributed by atoms with Crippen molar-refractivity contribution < 1.29 is 4.52 Å². The van der Waals surface area contributed by atoms with E-state index in [2.05, 4.69) is 48.3 Å². The fourth-order valence-electron chi connectivity index (χ4n) is 2.99. The summed E-state index contributed by atoms with van der Waals surface area (Å²) in [6.45, 7) is 6.17. The van der Waals surface area contributed by atoms with Gasteiger partial charge in [0.2, 0.25) is 0 Å². The molecule has 0 bridgehead atoms. The lowest BCUT2D eigenvalue weighted by atomic mass is 9.85. The van der Waals surface area contributed by atoms with Crippen molar-refractivity contribution in [1.82, 2.24) is 15.0 Å². The highest BCUT2D eigenvalue weighted by Gasteiger charge is 2.34. The van der Waals surface area contributed by atoms with Crippen LogP contribution in [0.15, 0.2) is 4.52 Å². The molecule has 0 aliphatic heterocycles. The summed E-state index contributed by atoms with van der Waals surface area (Å²) < 4.78 is 5.25. The molecule has 1 aliphatic carbocycles. The van der Waals surface area contributed by atoms with Crippen molar-refractivity contribution in [1.29, 1.82) is 0 Å². The first-order valence-corrected chi connectivity index (χ1v) is 7.23. The third-order valence-corrected chi connectivity index (χ3v) is 3.89. The maximum atomic E-state index is 5.25. The Morgan fingerprint density at radius 1 is 1.32 bits per heavy atom. The fraction of sp³-hybridized carbons (Fsp3) is 0.857. The molecule has 0 atom stereocenters. The Bertz CT molecular complexity index is 394. The molecule has 5 heteroatoms. The second kappa shape index (κ2) is 5.90. The number of nitrogens with one attached hydrogen (secondary N) is 1. The molecular formula is C14H26N4O. The van der Waals surface area contributed by atoms with Gasteiger partial charge in [0.25, 0.3) is 0 Å². The van der Waals surface area contributed by atoms with Crippen LogP contribution in [0.1, 0.15) is 51.3 Å². The van der Waals surface area contributed by atoms with E-state index in [1.165, 1.54) is 25.7 Å². The van der Waals surface area contributed by atoms with E-state index in [0.717, 1.165) is 18.9 Å². The van der Waals surface area contributed by atoms with Crippen LogP contribution in [0.4, 0.5) is 6.01 Å². The van der Waals surface area contributed by atoms with Crippen molar-refractivity contribution in [3.8, 4) is 0 Å². The van der Waals surface area contributed by atoms with Gasteiger partial charge in [-0.05, 0) is 26.9 Å². The van der Waals surface area contributed by atoms with E-state index in [4.69, 9.17) is 4.52 Å². The Labute approximate surface area is 115 Å². The lowest BCUT2D eigenvalue weighted by Crippen LogP contribution is -2.37. The van der Waals surface area contributed by atoms with Crippen LogP contribution in [0.3, 0.4) is 0 Å². The molecule has 0 unspecified atom stereocenters. The highest BCUT2D eigenvalue weighted by molar-refractivity contribution is 5.20. The van der Waals surface area contributed by atoms with Crippen LogP contribution < -0.4 is 5.32 Å². The second-order valence-corrected chi connectivity index (χ2v) is 6.41. The lowest BCUT2D eigenvalue weighted by Gasteiger charge is -2.31. The molecule has 0 amide bonds. The molecule has 1 aliphatic rings. The van der Waals surface area contributed by atoms with Gasteiger partial charge in [-0.3, -0.25) is 0 Å². The summed E-state index contributed by atoms with van der Waals surface area (Å²) in [5.41, 5.74) is 0.357. The van der Waals surface area contributed by atoms with Gasteiger partial charge in [-0.1, -0.05) is 31.8 Å². The first-order valence-electron chi connectivity index (χ1n) is 7.23. The molecule has 0 aromatic carbocycles. The molecule has 108 valence electrons. The summed E-state index contributed by atoms with van der Waals surface area (Å²) in [6.07, 6.45) is 5.22. The molecule has 0 saturated heterocycles. The Kier molecular flexibility index (Phi) is 4.45. The van der Waals surface area contributed by atoms with E-state index in [1.807, 2.05) is 0 Å². The molecule has 1 fully saturated rings. The summed E-state index contributed by atoms with van der Waals surface area (Å²) in [6, 6.07) is 0.564. The standard InChI is InChI=1S/C14H26N4O/c1-11(2)12-16-13(19-17-12)15-9-14(10-18(3)4)7-5-6-8-14/h11H,5-10H2,1-4H3,(H,15,16,17). The molecule has 1 heterocycles. The third kappa shape index (κ3) is 3.69. The summed E-state index contributed by atoms with van der Waals surface area (Å²) >= 11 is 0. The van der Waals surface area contributed by atoms with Gasteiger partial charge in [0, 0.05) is 24.4 Å². The van der Waals surface area contributed by atoms with Crippen molar-refractivity contribution >= 4 is 6.01 Å². The number of hydrogen-bond donors (Lipinski definition) is 1. The third-order valence-electron chi connectivity index (χ3n) is 3.89. The van der Waals surface area contributed by atoms with Crippen molar-refractivity contribution in [3.63, 3.8) is 0 Å². The van der Waals surface area contributed by atoms with Crippen LogP contribution >= 0.6 is 0 Å². The molecule has 5 nitrogen and oxygen atoms in total. The zero-order chi connectivity index (χ0) is 13.9. The molecule has 1 saturated carbocycles. The molecule has 1 aromatic rings. The lowest BCUT2D eigenvalue weighted by molar-refractivity contribution is 0.214. The number of nitrogens with zero attached hydrogens (tertiary/aromatic N) is 3. The summed E-state index contributed by atoms with van der Waals surface area (Å²) in [5.74, 6) is 1.08. The summed E-state index contributed by atoms with van der Waals surface area (Å²) in [4.78, 5) is 6.66. The molecular weight excluding hydrogens is 240 g/mol. The monoisotopic (exact) mass is 266 g/mol. The van der Waals surface area contributed by atoms with Gasteiger partial charge >= 0.3 is 6.01 Å². The van der Waals surface area contributed by atoms with E-state index in [1.54, 1.807) is 0 Å². The predicted molar refractivity (Wildman–Crippen MR) is 76.3 cm³/mol. The molecule has 0 spiro atoms. The SMILES string of the molecule is CC(C)c1noc(NCC2(CN(C)C)CCCC2)n1. The van der Waals surface area contributed by atoms with Crippen molar-refractivity contribution in [3.05, 3.63) is 5.82 Å². The number of anilines is 1. The van der Waals surface area contributed by atoms with Gasteiger partial charge in [0.05, 0.1) is 0 Å². The average Bonchev–Trinajstić information content (AvgIpc) is 2.94. The highest BCUT2D eigenvalue weighted by Crippen LogP contribution is 2.38. The number of aromatic nitrogens is 2. The van der Waals surface area contributed by atoms with Crippen LogP contribution in [0, 0.1) is 5.41 Å². The normalized spacial score (nSPS) is 18.4. The minimum Gasteiger partial charge on any atom is -0.337 e. The second-order valence-electron chi connectivity index (χ2n) is 6.41. The molecule has 0 radical (unpaired) electrons. The Balaban J connectivity index is 1.94. The molecule has 1 aromatic heterocycles. The summed E-state index contributed by atoms with van der Waals surface area (Å²) in [5, 5.41) is 7.33. The van der Waals surface area contributed by atoms with E-state index < -0.39 is 0 Å². The van der Waals surface area contributed by atoms with Crippen LogP contribution in [0.2, 0.25) is 0 Å². The van der Waals surface area contributed by atoms with Gasteiger partial charge in [0.15, 0.2) is 5.82 Å². The van der Waals surface area contributed by atoms with Gasteiger partial charge in [-0.2, -0.15) is 4.98 Å². The van der Waals surface area contributed by atoms with Gasteiger partial charge in [0.1, 0.15) is 0 Å². The topological polar surface area (TPSA) is 54.2 Å². The van der Waals surface area contributed by atoms with E-state index in [-0.39, 0.29) is 0 Å². The van der Waals surface area contributed by atoms with Crippen LogP contribution in [-0.4, -0.2) is 42.2 Å². The Hall–Kier alpha value is -1.10. The zero-order valence-electron chi connectivity index (χ0n) is 12.6. The maximum Gasteiger partial charge on any atom is 0.321 e. The van der Waals surface area contributed by atoms with Crippen LogP contribution in [0.25, 0.3) is 0 Å². The minimum absolute atomic E-state index is 0.307. The van der Waals surface area contributed by atoms with Gasteiger partial charge in [-0.15, -0.1) is 0 Å². The largest absolute Gasteiger partial charge is 0.337 e. The average molecular weight is 266 g/mol. The van der Waals surface area contributed by atoms with Crippen LogP contribution in [-0.2, 0) is 0 Å². The number of hydrogen-bond acceptors (Lipinski definition) is 5. The van der Waals surface area contributed by atoms with E-state index in [0.29, 0.717) is 17.3 Å². The minimum atomic E-state index is 0.307. The van der Waals surface area contributed by atoms with Crippen LogP contribution in [0.5, 0.6) is 0 Å². The summed E-state index contributed by atoms with van der Waals surface area (Å²) in [7, 11) is 4.28. The first kappa shape index (κ1) is 14.3. The highest BCUT2D eigenvalue weighted by atomic mass is 16.5. The van der Waals surface area contributed by atoms with E-state index >= 15 is 0 Å². The predicted octanol–water partition coefficient (Wildman–Crippen LogP) is 2.73. The van der Waals surface area contributed by atoms with E-state index in [9.17, 15) is 0 Å².